The van der Waals surface area contributed by atoms with Crippen LogP contribution < -0.4 is 20.3 Å². The monoisotopic (exact) mass is 456 g/mol. The molecule has 0 radical (unpaired) electrons. The van der Waals surface area contributed by atoms with Crippen LogP contribution in [0.5, 0.6) is 5.75 Å². The summed E-state index contributed by atoms with van der Waals surface area (Å²) in [6.07, 6.45) is 3.26. The Hall–Kier alpha value is -3.27. The van der Waals surface area contributed by atoms with Gasteiger partial charge in [0, 0.05) is 37.8 Å². The Bertz CT molecular complexity index is 1040. The predicted octanol–water partition coefficient (Wildman–Crippen LogP) is 3.69. The third-order valence-electron chi connectivity index (χ3n) is 6.23. The highest BCUT2D eigenvalue weighted by atomic mass is 32.1. The Morgan fingerprint density at radius 1 is 1.34 bits per heavy atom. The van der Waals surface area contributed by atoms with Crippen molar-refractivity contribution in [2.75, 3.05) is 56.4 Å². The maximum atomic E-state index is 12.9. The molecule has 0 saturated carbocycles. The molecule has 10 heteroatoms. The van der Waals surface area contributed by atoms with Gasteiger partial charge in [0.25, 0.3) is 0 Å². The van der Waals surface area contributed by atoms with Crippen molar-refractivity contribution in [1.82, 2.24) is 9.88 Å². The van der Waals surface area contributed by atoms with Crippen LogP contribution in [0.25, 0.3) is 0 Å². The summed E-state index contributed by atoms with van der Waals surface area (Å²) in [6.45, 7) is 5.89. The van der Waals surface area contributed by atoms with E-state index in [1.165, 1.54) is 35.9 Å². The first-order chi connectivity index (χ1) is 15.4. The maximum absolute atomic E-state index is 12.9. The number of anilines is 3. The van der Waals surface area contributed by atoms with Crippen LogP contribution in [0.4, 0.5) is 20.6 Å². The van der Waals surface area contributed by atoms with Crippen molar-refractivity contribution >= 4 is 39.1 Å². The summed E-state index contributed by atoms with van der Waals surface area (Å²) in [5, 5.41) is 14.7. The topological polar surface area (TPSA) is 103 Å². The van der Waals surface area contributed by atoms with Crippen LogP contribution in [0.3, 0.4) is 0 Å². The van der Waals surface area contributed by atoms with E-state index in [9.17, 15) is 4.79 Å². The molecule has 32 heavy (non-hydrogen) atoms. The molecule has 0 atom stereocenters. The fraction of sp³-hybridized carbons (Fsp3) is 0.409. The normalized spacial score (nSPS) is 16.5. The van der Waals surface area contributed by atoms with Gasteiger partial charge < -0.3 is 24.6 Å². The summed E-state index contributed by atoms with van der Waals surface area (Å²) in [7, 11) is 5.22. The van der Waals surface area contributed by atoms with E-state index in [-0.39, 0.29) is 17.3 Å². The standard InChI is InChI=1S/C22H28N6O3S/c1-5-24-19-17(18(23)31-4)25-20(32-19)26-21(29)28-10-8-22(9-11-28)13-27(2)16-7-6-14(30-3)12-15(16)22/h5-7,12,23-24H,1,8-11,13H2,2-4H3,(H,25,26,29). The second-order valence-corrected chi connectivity index (χ2v) is 9.01. The summed E-state index contributed by atoms with van der Waals surface area (Å²) in [6, 6.07) is 6.07. The number of benzene rings is 1. The molecule has 0 unspecified atom stereocenters. The van der Waals surface area contributed by atoms with Crippen LogP contribution in [-0.4, -0.2) is 62.7 Å². The minimum Gasteiger partial charge on any atom is -0.497 e. The number of nitrogens with one attached hydrogen (secondary N) is 3. The Morgan fingerprint density at radius 3 is 2.75 bits per heavy atom. The predicted molar refractivity (Wildman–Crippen MR) is 128 cm³/mol. The number of aromatic nitrogens is 1. The van der Waals surface area contributed by atoms with E-state index in [0.717, 1.165) is 25.1 Å². The first-order valence-corrected chi connectivity index (χ1v) is 11.2. The molecule has 4 rings (SSSR count). The zero-order chi connectivity index (χ0) is 22.9. The second kappa shape index (κ2) is 8.70. The first-order valence-electron chi connectivity index (χ1n) is 10.4. The van der Waals surface area contributed by atoms with Crippen molar-refractivity contribution in [2.24, 2.45) is 0 Å². The highest BCUT2D eigenvalue weighted by Crippen LogP contribution is 2.47. The summed E-state index contributed by atoms with van der Waals surface area (Å²) in [5.41, 5.74) is 2.91. The smallest absolute Gasteiger partial charge is 0.323 e. The summed E-state index contributed by atoms with van der Waals surface area (Å²) >= 11 is 1.24. The van der Waals surface area contributed by atoms with Crippen molar-refractivity contribution < 1.29 is 14.3 Å². The Balaban J connectivity index is 1.45. The van der Waals surface area contributed by atoms with Crippen molar-refractivity contribution in [3.8, 4) is 5.75 Å². The number of nitrogens with zero attached hydrogens (tertiary/aromatic N) is 3. The molecular formula is C22H28N6O3S. The van der Waals surface area contributed by atoms with Crippen LogP contribution in [0.2, 0.25) is 0 Å². The highest BCUT2D eigenvalue weighted by molar-refractivity contribution is 7.20. The molecular weight excluding hydrogens is 428 g/mol. The van der Waals surface area contributed by atoms with Crippen LogP contribution in [0.1, 0.15) is 24.1 Å². The van der Waals surface area contributed by atoms with Gasteiger partial charge >= 0.3 is 6.03 Å². The molecule has 2 aromatic rings. The van der Waals surface area contributed by atoms with E-state index in [0.29, 0.717) is 28.9 Å². The number of fused-ring (bicyclic) bond motifs is 2. The van der Waals surface area contributed by atoms with Crippen molar-refractivity contribution in [3.63, 3.8) is 0 Å². The first kappa shape index (κ1) is 21.9. The van der Waals surface area contributed by atoms with Gasteiger partial charge in [0.05, 0.1) is 14.2 Å². The van der Waals surface area contributed by atoms with Crippen molar-refractivity contribution in [2.45, 2.75) is 18.3 Å². The molecule has 9 nitrogen and oxygen atoms in total. The quantitative estimate of drug-likeness (QED) is 0.468. The Labute approximate surface area is 191 Å². The van der Waals surface area contributed by atoms with Gasteiger partial charge in [-0.3, -0.25) is 10.7 Å². The fourth-order valence-corrected chi connectivity index (χ4v) is 5.42. The maximum Gasteiger partial charge on any atom is 0.323 e. The molecule has 1 saturated heterocycles. The van der Waals surface area contributed by atoms with Gasteiger partial charge in [-0.25, -0.2) is 9.78 Å². The summed E-state index contributed by atoms with van der Waals surface area (Å²) < 4.78 is 10.4. The van der Waals surface area contributed by atoms with E-state index in [1.807, 2.05) is 11.0 Å². The molecule has 2 aliphatic rings. The number of thiazole rings is 1. The number of carbonyl (C=O) groups is 1. The van der Waals surface area contributed by atoms with Crippen LogP contribution in [0.15, 0.2) is 31.0 Å². The number of amides is 2. The van der Waals surface area contributed by atoms with Gasteiger partial charge in [0.15, 0.2) is 10.8 Å². The van der Waals surface area contributed by atoms with Gasteiger partial charge in [-0.05, 0) is 42.8 Å². The Morgan fingerprint density at radius 2 is 2.09 bits per heavy atom. The number of likely N-dealkylation sites (tertiary alicyclic amines) is 1. The largest absolute Gasteiger partial charge is 0.497 e. The lowest BCUT2D eigenvalue weighted by atomic mass is 9.74. The second-order valence-electron chi connectivity index (χ2n) is 8.02. The number of hydrogen-bond donors (Lipinski definition) is 3. The lowest BCUT2D eigenvalue weighted by Gasteiger charge is -2.39. The van der Waals surface area contributed by atoms with Crippen molar-refractivity contribution in [1.29, 1.82) is 5.41 Å². The van der Waals surface area contributed by atoms with E-state index in [1.54, 1.807) is 7.11 Å². The molecule has 1 spiro atoms. The molecule has 3 N–H and O–H groups in total. The van der Waals surface area contributed by atoms with Crippen LogP contribution >= 0.6 is 11.3 Å². The summed E-state index contributed by atoms with van der Waals surface area (Å²) in [5.74, 6) is 0.786. The van der Waals surface area contributed by atoms with Crippen LogP contribution in [0, 0.1) is 5.41 Å². The lowest BCUT2D eigenvalue weighted by molar-refractivity contribution is 0.173. The van der Waals surface area contributed by atoms with Gasteiger partial charge in [0.1, 0.15) is 10.8 Å². The number of urea groups is 1. The zero-order valence-electron chi connectivity index (χ0n) is 18.5. The number of ether oxygens (including phenoxy) is 2. The summed E-state index contributed by atoms with van der Waals surface area (Å²) in [4.78, 5) is 21.4. The van der Waals surface area contributed by atoms with Gasteiger partial charge in [-0.1, -0.05) is 17.9 Å². The zero-order valence-corrected chi connectivity index (χ0v) is 19.3. The number of likely N-dealkylation sites (N-methyl/N-ethyl adjacent to an activating group) is 1. The minimum atomic E-state index is -0.188. The third-order valence-corrected chi connectivity index (χ3v) is 7.13. The molecule has 2 amide bonds. The average molecular weight is 457 g/mol. The van der Waals surface area contributed by atoms with Gasteiger partial charge in [0.2, 0.25) is 5.90 Å². The molecule has 1 aromatic heterocycles. The SMILES string of the molecule is C=CNc1sc(NC(=O)N2CCC3(CC2)CN(C)c2ccc(OC)cc23)nc1C(=N)OC. The van der Waals surface area contributed by atoms with Gasteiger partial charge in [-0.15, -0.1) is 0 Å². The number of carbonyl (C=O) groups excluding carboxylic acids is 1. The number of hydrogen-bond acceptors (Lipinski definition) is 8. The van der Waals surface area contributed by atoms with E-state index >= 15 is 0 Å². The molecule has 3 heterocycles. The highest BCUT2D eigenvalue weighted by Gasteiger charge is 2.44. The van der Waals surface area contributed by atoms with Gasteiger partial charge in [-0.2, -0.15) is 0 Å². The fourth-order valence-electron chi connectivity index (χ4n) is 4.57. The van der Waals surface area contributed by atoms with E-state index in [2.05, 4.69) is 46.3 Å². The Kier molecular flexibility index (Phi) is 5.96. The van der Waals surface area contributed by atoms with Crippen molar-refractivity contribution in [3.05, 3.63) is 42.2 Å². The molecule has 1 fully saturated rings. The van der Waals surface area contributed by atoms with E-state index in [4.69, 9.17) is 14.9 Å². The average Bonchev–Trinajstić information content (AvgIpc) is 3.32. The molecule has 170 valence electrons. The molecule has 2 aliphatic heterocycles. The number of rotatable bonds is 5. The number of piperidine rings is 1. The van der Waals surface area contributed by atoms with Crippen LogP contribution in [-0.2, 0) is 10.2 Å². The molecule has 0 aliphatic carbocycles. The molecule has 1 aromatic carbocycles. The third kappa shape index (κ3) is 3.86. The number of methoxy groups -OCH3 is 2. The minimum absolute atomic E-state index is 0.0261. The van der Waals surface area contributed by atoms with E-state index < -0.39 is 0 Å². The lowest BCUT2D eigenvalue weighted by Crippen LogP contribution is -2.48. The molecule has 0 bridgehead atoms.